The fourth-order valence-corrected chi connectivity index (χ4v) is 1.52. The lowest BCUT2D eigenvalue weighted by molar-refractivity contribution is 0.0910. The van der Waals surface area contributed by atoms with Crippen LogP contribution in [0.15, 0.2) is 18.2 Å². The second-order valence-electron chi connectivity index (χ2n) is 6.03. The Morgan fingerprint density at radius 3 is 2.67 bits per heavy atom. The Kier molecular flexibility index (Phi) is 5.92. The summed E-state index contributed by atoms with van der Waals surface area (Å²) >= 11 is 0. The van der Waals surface area contributed by atoms with E-state index >= 15 is 0 Å². The fourth-order valence-electron chi connectivity index (χ4n) is 1.52. The van der Waals surface area contributed by atoms with Crippen molar-refractivity contribution in [3.63, 3.8) is 0 Å². The van der Waals surface area contributed by atoms with E-state index in [0.717, 1.165) is 0 Å². The highest BCUT2D eigenvalue weighted by Crippen LogP contribution is 2.19. The van der Waals surface area contributed by atoms with E-state index in [9.17, 15) is 9.18 Å². The van der Waals surface area contributed by atoms with Crippen LogP contribution >= 0.6 is 0 Å². The lowest BCUT2D eigenvalue weighted by Crippen LogP contribution is -2.41. The van der Waals surface area contributed by atoms with Crippen LogP contribution in [0.1, 0.15) is 50.0 Å². The van der Waals surface area contributed by atoms with E-state index in [1.54, 1.807) is 0 Å². The van der Waals surface area contributed by atoms with Gasteiger partial charge in [-0.25, -0.2) is 4.39 Å². The number of hydrogen-bond donors (Lipinski definition) is 2. The van der Waals surface area contributed by atoms with Crippen LogP contribution in [0.25, 0.3) is 0 Å². The molecule has 0 saturated carbocycles. The van der Waals surface area contributed by atoms with Crippen molar-refractivity contribution >= 4 is 5.91 Å². The molecule has 1 aromatic carbocycles. The highest BCUT2D eigenvalue weighted by atomic mass is 19.1. The molecular formula is C17H22FNO2. The predicted molar refractivity (Wildman–Crippen MR) is 81.4 cm³/mol. The lowest BCUT2D eigenvalue weighted by atomic mass is 9.88. The van der Waals surface area contributed by atoms with E-state index in [1.807, 2.05) is 27.7 Å². The van der Waals surface area contributed by atoms with Crippen molar-refractivity contribution in [1.29, 1.82) is 0 Å². The van der Waals surface area contributed by atoms with Gasteiger partial charge in [-0.3, -0.25) is 4.79 Å². The van der Waals surface area contributed by atoms with Gasteiger partial charge in [-0.15, -0.1) is 0 Å². The average Bonchev–Trinajstić information content (AvgIpc) is 2.37. The minimum Gasteiger partial charge on any atom is -0.395 e. The zero-order valence-electron chi connectivity index (χ0n) is 13.0. The van der Waals surface area contributed by atoms with Gasteiger partial charge in [0.15, 0.2) is 0 Å². The molecule has 0 aliphatic heterocycles. The molecule has 2 N–H and O–H groups in total. The van der Waals surface area contributed by atoms with Crippen LogP contribution in [0.3, 0.4) is 0 Å². The number of halogens is 1. The Hall–Kier alpha value is -1.86. The number of carbonyl (C=O) groups is 1. The van der Waals surface area contributed by atoms with Gasteiger partial charge >= 0.3 is 0 Å². The van der Waals surface area contributed by atoms with Gasteiger partial charge in [0.05, 0.1) is 12.2 Å². The van der Waals surface area contributed by atoms with Crippen molar-refractivity contribution in [3.8, 4) is 11.8 Å². The number of hydrogen-bond acceptors (Lipinski definition) is 2. The normalized spacial score (nSPS) is 12.3. The molecule has 1 unspecified atom stereocenters. The molecule has 3 nitrogen and oxygen atoms in total. The summed E-state index contributed by atoms with van der Waals surface area (Å²) in [7, 11) is 0. The number of carbonyl (C=O) groups excluding carboxylic acids is 1. The summed E-state index contributed by atoms with van der Waals surface area (Å²) < 4.78 is 13.3. The molecule has 114 valence electrons. The monoisotopic (exact) mass is 291 g/mol. The van der Waals surface area contributed by atoms with Crippen molar-refractivity contribution in [3.05, 3.63) is 35.1 Å². The molecule has 0 heterocycles. The fraction of sp³-hybridized carbons (Fsp3) is 0.471. The molecule has 0 saturated heterocycles. The molecule has 1 amide bonds. The van der Waals surface area contributed by atoms with Crippen molar-refractivity contribution in [2.24, 2.45) is 5.41 Å². The lowest BCUT2D eigenvalue weighted by Gasteiger charge is -2.28. The number of rotatable bonds is 3. The summed E-state index contributed by atoms with van der Waals surface area (Å²) in [6.45, 7) is 7.96. The second kappa shape index (κ2) is 7.24. The largest absolute Gasteiger partial charge is 0.395 e. The molecule has 0 spiro atoms. The average molecular weight is 291 g/mol. The molecular weight excluding hydrogens is 269 g/mol. The van der Waals surface area contributed by atoms with Gasteiger partial charge in [0.1, 0.15) is 5.82 Å². The smallest absolute Gasteiger partial charge is 0.252 e. The maximum atomic E-state index is 13.3. The van der Waals surface area contributed by atoms with E-state index < -0.39 is 5.82 Å². The van der Waals surface area contributed by atoms with E-state index in [1.165, 1.54) is 18.2 Å². The number of amides is 1. The number of aliphatic hydroxyl groups is 1. The van der Waals surface area contributed by atoms with Crippen LogP contribution in [-0.2, 0) is 0 Å². The number of nitrogens with one attached hydrogen (secondary N) is 1. The quantitative estimate of drug-likeness (QED) is 0.841. The van der Waals surface area contributed by atoms with Crippen LogP contribution in [0.4, 0.5) is 4.39 Å². The number of benzene rings is 1. The summed E-state index contributed by atoms with van der Waals surface area (Å²) in [6.07, 6.45) is 0.288. The minimum absolute atomic E-state index is 0.0340. The van der Waals surface area contributed by atoms with Crippen molar-refractivity contribution in [2.45, 2.75) is 40.2 Å². The molecule has 0 aromatic heterocycles. The van der Waals surface area contributed by atoms with Gasteiger partial charge in [0.25, 0.3) is 5.91 Å². The predicted octanol–water partition coefficient (Wildman–Crippen LogP) is 2.72. The van der Waals surface area contributed by atoms with Crippen LogP contribution < -0.4 is 5.32 Å². The summed E-state index contributed by atoms with van der Waals surface area (Å²) in [5.74, 6) is 4.73. The first-order valence-corrected chi connectivity index (χ1v) is 6.96. The van der Waals surface area contributed by atoms with Crippen molar-refractivity contribution in [2.75, 3.05) is 6.61 Å². The first kappa shape index (κ1) is 17.2. The van der Waals surface area contributed by atoms with Gasteiger partial charge in [0.2, 0.25) is 0 Å². The molecule has 1 atom stereocenters. The molecule has 0 bridgehead atoms. The number of aliphatic hydroxyl groups excluding tert-OH is 1. The molecule has 0 aliphatic rings. The Labute approximate surface area is 125 Å². The maximum Gasteiger partial charge on any atom is 0.252 e. The van der Waals surface area contributed by atoms with Gasteiger partial charge in [0, 0.05) is 18.0 Å². The summed E-state index contributed by atoms with van der Waals surface area (Å²) in [5, 5.41) is 11.6. The molecule has 0 fully saturated rings. The van der Waals surface area contributed by atoms with Crippen LogP contribution in [0.5, 0.6) is 0 Å². The Morgan fingerprint density at radius 2 is 2.10 bits per heavy atom. The minimum atomic E-state index is -0.441. The molecule has 0 aliphatic carbocycles. The zero-order valence-corrected chi connectivity index (χ0v) is 13.0. The SMILES string of the molecule is CC(NC(=O)c1ccc(F)cc1C#CCCO)C(C)(C)C. The zero-order chi connectivity index (χ0) is 16.0. The molecule has 1 rings (SSSR count). The molecule has 4 heteroatoms. The van der Waals surface area contributed by atoms with Crippen molar-refractivity contribution in [1.82, 2.24) is 5.32 Å². The second-order valence-corrected chi connectivity index (χ2v) is 6.03. The van der Waals surface area contributed by atoms with Gasteiger partial charge in [-0.05, 0) is 30.5 Å². The standard InChI is InChI=1S/C17H22FNO2/c1-12(17(2,3)4)19-16(21)15-9-8-14(18)11-13(15)7-5-6-10-20/h8-9,11-12,20H,6,10H2,1-4H3,(H,19,21). The molecule has 1 aromatic rings. The highest BCUT2D eigenvalue weighted by Gasteiger charge is 2.23. The summed E-state index contributed by atoms with van der Waals surface area (Å²) in [6, 6.07) is 3.88. The third-order valence-corrected chi connectivity index (χ3v) is 3.33. The third kappa shape index (κ3) is 5.20. The van der Waals surface area contributed by atoms with Crippen molar-refractivity contribution < 1.29 is 14.3 Å². The van der Waals surface area contributed by atoms with E-state index in [0.29, 0.717) is 11.1 Å². The van der Waals surface area contributed by atoms with Crippen LogP contribution in [0.2, 0.25) is 0 Å². The third-order valence-electron chi connectivity index (χ3n) is 3.33. The van der Waals surface area contributed by atoms with E-state index in [-0.39, 0.29) is 30.4 Å². The summed E-state index contributed by atoms with van der Waals surface area (Å²) in [4.78, 5) is 12.3. The van der Waals surface area contributed by atoms with E-state index in [2.05, 4.69) is 17.2 Å². The first-order valence-electron chi connectivity index (χ1n) is 6.96. The van der Waals surface area contributed by atoms with Gasteiger partial charge in [-0.2, -0.15) is 0 Å². The topological polar surface area (TPSA) is 49.3 Å². The maximum absolute atomic E-state index is 13.3. The highest BCUT2D eigenvalue weighted by molar-refractivity contribution is 5.96. The Bertz CT molecular complexity index is 564. The summed E-state index contributed by atoms with van der Waals surface area (Å²) in [5.41, 5.74) is 0.610. The molecule has 0 radical (unpaired) electrons. The van der Waals surface area contributed by atoms with Crippen LogP contribution in [-0.4, -0.2) is 23.7 Å². The van der Waals surface area contributed by atoms with Gasteiger partial charge < -0.3 is 10.4 Å². The first-order chi connectivity index (χ1) is 9.75. The molecule has 21 heavy (non-hydrogen) atoms. The Balaban J connectivity index is 3.02. The van der Waals surface area contributed by atoms with E-state index in [4.69, 9.17) is 5.11 Å². The Morgan fingerprint density at radius 1 is 1.43 bits per heavy atom. The van der Waals surface area contributed by atoms with Gasteiger partial charge in [-0.1, -0.05) is 32.6 Å². The van der Waals surface area contributed by atoms with Crippen LogP contribution in [0, 0.1) is 23.1 Å².